The third kappa shape index (κ3) is 4.67. The molecule has 0 aliphatic carbocycles. The molecule has 0 spiro atoms. The maximum Gasteiger partial charge on any atom is 0.324 e. The van der Waals surface area contributed by atoms with Crippen molar-refractivity contribution >= 4 is 29.5 Å². The summed E-state index contributed by atoms with van der Waals surface area (Å²) in [5.41, 5.74) is 0.789. The molecule has 3 amide bonds. The van der Waals surface area contributed by atoms with Crippen molar-refractivity contribution in [2.75, 3.05) is 33.3 Å². The first-order valence-electron chi connectivity index (χ1n) is 7.12. The summed E-state index contributed by atoms with van der Waals surface area (Å²) in [6.07, 6.45) is 0. The van der Waals surface area contributed by atoms with Crippen molar-refractivity contribution in [1.29, 1.82) is 0 Å². The summed E-state index contributed by atoms with van der Waals surface area (Å²) >= 11 is 6.12. The zero-order valence-corrected chi connectivity index (χ0v) is 13.5. The minimum Gasteiger partial charge on any atom is -0.468 e. The van der Waals surface area contributed by atoms with Gasteiger partial charge in [0, 0.05) is 24.7 Å². The Balaban J connectivity index is 2.07. The van der Waals surface area contributed by atoms with Crippen LogP contribution in [0.3, 0.4) is 0 Å². The summed E-state index contributed by atoms with van der Waals surface area (Å²) in [4.78, 5) is 38.1. The number of urea groups is 1. The van der Waals surface area contributed by atoms with Crippen LogP contribution >= 0.6 is 11.6 Å². The van der Waals surface area contributed by atoms with E-state index in [4.69, 9.17) is 11.6 Å². The van der Waals surface area contributed by atoms with Crippen LogP contribution in [0.2, 0.25) is 5.02 Å². The molecule has 124 valence electrons. The number of benzene rings is 1. The van der Waals surface area contributed by atoms with E-state index in [0.29, 0.717) is 24.7 Å². The summed E-state index contributed by atoms with van der Waals surface area (Å²) in [5, 5.41) is 3.12. The Bertz CT molecular complexity index is 608. The van der Waals surface area contributed by atoms with E-state index in [1.54, 1.807) is 17.0 Å². The Morgan fingerprint density at radius 3 is 2.70 bits per heavy atom. The minimum absolute atomic E-state index is 0.0665. The lowest BCUT2D eigenvalue weighted by Crippen LogP contribution is -2.43. The molecule has 1 aliphatic rings. The number of rotatable bonds is 6. The number of carbonyl (C=O) groups is 3. The minimum atomic E-state index is -0.462. The van der Waals surface area contributed by atoms with Crippen molar-refractivity contribution < 1.29 is 19.1 Å². The molecule has 0 radical (unpaired) electrons. The topological polar surface area (TPSA) is 79.0 Å². The smallest absolute Gasteiger partial charge is 0.324 e. The van der Waals surface area contributed by atoms with Gasteiger partial charge in [0.1, 0.15) is 0 Å². The van der Waals surface area contributed by atoms with Gasteiger partial charge in [-0.3, -0.25) is 19.4 Å². The fourth-order valence-corrected chi connectivity index (χ4v) is 2.46. The quantitative estimate of drug-likeness (QED) is 0.778. The van der Waals surface area contributed by atoms with E-state index in [0.717, 1.165) is 10.5 Å². The zero-order chi connectivity index (χ0) is 16.8. The maximum absolute atomic E-state index is 12.2. The Kier molecular flexibility index (Phi) is 5.95. The van der Waals surface area contributed by atoms with Gasteiger partial charge in [0.05, 0.1) is 20.2 Å². The molecule has 1 aromatic carbocycles. The molecular formula is C15H18ClN3O4. The lowest BCUT2D eigenvalue weighted by Gasteiger charge is -2.23. The van der Waals surface area contributed by atoms with Crippen LogP contribution in [0, 0.1) is 0 Å². The number of imide groups is 1. The number of esters is 1. The van der Waals surface area contributed by atoms with Crippen LogP contribution in [0.1, 0.15) is 5.56 Å². The summed E-state index contributed by atoms with van der Waals surface area (Å²) in [5.74, 6) is -0.827. The van der Waals surface area contributed by atoms with Gasteiger partial charge in [0.25, 0.3) is 0 Å². The number of amides is 3. The van der Waals surface area contributed by atoms with Crippen LogP contribution in [0.4, 0.5) is 4.79 Å². The van der Waals surface area contributed by atoms with E-state index < -0.39 is 12.0 Å². The lowest BCUT2D eigenvalue weighted by molar-refractivity contribution is -0.142. The van der Waals surface area contributed by atoms with E-state index in [2.05, 4.69) is 10.1 Å². The second-order valence-electron chi connectivity index (χ2n) is 5.09. The van der Waals surface area contributed by atoms with E-state index in [1.165, 1.54) is 7.11 Å². The van der Waals surface area contributed by atoms with Crippen molar-refractivity contribution in [1.82, 2.24) is 15.1 Å². The Morgan fingerprint density at radius 2 is 2.09 bits per heavy atom. The summed E-state index contributed by atoms with van der Waals surface area (Å²) in [7, 11) is 1.28. The van der Waals surface area contributed by atoms with Gasteiger partial charge in [-0.2, -0.15) is 0 Å². The highest BCUT2D eigenvalue weighted by molar-refractivity contribution is 6.31. The first-order chi connectivity index (χ1) is 11.0. The SMILES string of the molecule is COC(=O)CN(CC(=O)N1CCNC1=O)Cc1ccccc1Cl. The number of nitrogens with zero attached hydrogens (tertiary/aromatic N) is 2. The van der Waals surface area contributed by atoms with Crippen molar-refractivity contribution in [3.8, 4) is 0 Å². The Labute approximate surface area is 139 Å². The van der Waals surface area contributed by atoms with E-state index in [1.807, 2.05) is 12.1 Å². The van der Waals surface area contributed by atoms with Gasteiger partial charge in [0.15, 0.2) is 0 Å². The second-order valence-corrected chi connectivity index (χ2v) is 5.50. The standard InChI is InChI=1S/C15H18ClN3O4/c1-23-14(21)10-18(8-11-4-2-3-5-12(11)16)9-13(20)19-7-6-17-15(19)22/h2-5H,6-10H2,1H3,(H,17,22). The number of halogens is 1. The first kappa shape index (κ1) is 17.2. The fourth-order valence-electron chi connectivity index (χ4n) is 2.27. The molecule has 1 N–H and O–H groups in total. The molecule has 1 aromatic rings. The molecule has 1 aliphatic heterocycles. The zero-order valence-electron chi connectivity index (χ0n) is 12.8. The van der Waals surface area contributed by atoms with Crippen LogP contribution in [0.25, 0.3) is 0 Å². The second kappa shape index (κ2) is 7.94. The van der Waals surface area contributed by atoms with Crippen LogP contribution in [0.5, 0.6) is 0 Å². The van der Waals surface area contributed by atoms with Crippen molar-refractivity contribution in [3.05, 3.63) is 34.9 Å². The van der Waals surface area contributed by atoms with Crippen molar-refractivity contribution in [2.24, 2.45) is 0 Å². The van der Waals surface area contributed by atoms with E-state index in [9.17, 15) is 14.4 Å². The number of ether oxygens (including phenoxy) is 1. The fraction of sp³-hybridized carbons (Fsp3) is 0.400. The molecule has 0 atom stereocenters. The largest absolute Gasteiger partial charge is 0.468 e. The lowest BCUT2D eigenvalue weighted by atomic mass is 10.2. The van der Waals surface area contributed by atoms with Crippen molar-refractivity contribution in [3.63, 3.8) is 0 Å². The molecular weight excluding hydrogens is 322 g/mol. The van der Waals surface area contributed by atoms with Gasteiger partial charge in [-0.05, 0) is 11.6 Å². The Hall–Kier alpha value is -2.12. The molecule has 0 unspecified atom stereocenters. The highest BCUT2D eigenvalue weighted by atomic mass is 35.5. The number of hydrogen-bond acceptors (Lipinski definition) is 5. The predicted octanol–water partition coefficient (Wildman–Crippen LogP) is 0.867. The Morgan fingerprint density at radius 1 is 1.35 bits per heavy atom. The van der Waals surface area contributed by atoms with Crippen LogP contribution in [-0.4, -0.2) is 61.0 Å². The van der Waals surface area contributed by atoms with Gasteiger partial charge in [0.2, 0.25) is 5.91 Å². The molecule has 0 saturated carbocycles. The van der Waals surface area contributed by atoms with E-state index >= 15 is 0 Å². The maximum atomic E-state index is 12.2. The molecule has 23 heavy (non-hydrogen) atoms. The summed E-state index contributed by atoms with van der Waals surface area (Å²) in [6.45, 7) is 0.925. The number of nitrogens with one attached hydrogen (secondary N) is 1. The molecule has 2 rings (SSSR count). The third-order valence-corrected chi connectivity index (χ3v) is 3.82. The number of carbonyl (C=O) groups excluding carboxylic acids is 3. The molecule has 1 fully saturated rings. The van der Waals surface area contributed by atoms with Gasteiger partial charge < -0.3 is 10.1 Å². The molecule has 8 heteroatoms. The van der Waals surface area contributed by atoms with E-state index in [-0.39, 0.29) is 19.0 Å². The van der Waals surface area contributed by atoms with Crippen LogP contribution in [0.15, 0.2) is 24.3 Å². The first-order valence-corrected chi connectivity index (χ1v) is 7.50. The van der Waals surface area contributed by atoms with Crippen molar-refractivity contribution in [2.45, 2.75) is 6.54 Å². The molecule has 1 saturated heterocycles. The molecule has 0 aromatic heterocycles. The summed E-state index contributed by atoms with van der Waals surface area (Å²) < 4.78 is 4.66. The van der Waals surface area contributed by atoms with Gasteiger partial charge >= 0.3 is 12.0 Å². The summed E-state index contributed by atoms with van der Waals surface area (Å²) in [6, 6.07) is 6.78. The number of hydrogen-bond donors (Lipinski definition) is 1. The molecule has 7 nitrogen and oxygen atoms in total. The average Bonchev–Trinajstić information content (AvgIpc) is 2.95. The van der Waals surface area contributed by atoms with Crippen LogP contribution in [-0.2, 0) is 20.9 Å². The van der Waals surface area contributed by atoms with Crippen LogP contribution < -0.4 is 5.32 Å². The molecule has 0 bridgehead atoms. The predicted molar refractivity (Wildman–Crippen MR) is 83.9 cm³/mol. The average molecular weight is 340 g/mol. The highest BCUT2D eigenvalue weighted by Crippen LogP contribution is 2.17. The van der Waals surface area contributed by atoms with Gasteiger partial charge in [-0.15, -0.1) is 0 Å². The monoisotopic (exact) mass is 339 g/mol. The normalized spacial score (nSPS) is 14.0. The number of methoxy groups -OCH3 is 1. The van der Waals surface area contributed by atoms with Gasteiger partial charge in [-0.25, -0.2) is 4.79 Å². The molecule has 1 heterocycles. The highest BCUT2D eigenvalue weighted by Gasteiger charge is 2.28. The third-order valence-electron chi connectivity index (χ3n) is 3.45. The van der Waals surface area contributed by atoms with Gasteiger partial charge in [-0.1, -0.05) is 29.8 Å².